The number of carbonyl (C=O) groups excluding carboxylic acids is 1. The van der Waals surface area contributed by atoms with Crippen molar-refractivity contribution in [1.29, 1.82) is 0 Å². The van der Waals surface area contributed by atoms with E-state index in [1.165, 1.54) is 0 Å². The van der Waals surface area contributed by atoms with E-state index < -0.39 is 0 Å². The van der Waals surface area contributed by atoms with E-state index in [-0.39, 0.29) is 5.91 Å². The highest BCUT2D eigenvalue weighted by atomic mass is 16.5. The average Bonchev–Trinajstić information content (AvgIpc) is 2.78. The number of likely N-dealkylation sites (N-methyl/N-ethyl adjacent to an activating group) is 1. The van der Waals surface area contributed by atoms with Crippen molar-refractivity contribution < 1.29 is 9.53 Å². The second-order valence-electron chi connectivity index (χ2n) is 7.37. The largest absolute Gasteiger partial charge is 0.493 e. The molecule has 0 aliphatic carbocycles. The molecule has 5 rings (SSSR count). The molecular formula is C24H22N4O2. The first kappa shape index (κ1) is 18.4. The molecule has 0 spiro atoms. The van der Waals surface area contributed by atoms with Gasteiger partial charge in [-0.3, -0.25) is 9.69 Å². The van der Waals surface area contributed by atoms with E-state index in [9.17, 15) is 4.79 Å². The van der Waals surface area contributed by atoms with Crippen molar-refractivity contribution in [2.24, 2.45) is 0 Å². The summed E-state index contributed by atoms with van der Waals surface area (Å²) in [4.78, 5) is 27.0. The molecule has 1 amide bonds. The van der Waals surface area contributed by atoms with E-state index in [0.29, 0.717) is 42.6 Å². The second kappa shape index (κ2) is 7.30. The number of aromatic nitrogens is 2. The third-order valence-corrected chi connectivity index (χ3v) is 5.43. The van der Waals surface area contributed by atoms with Gasteiger partial charge in [-0.1, -0.05) is 36.4 Å². The van der Waals surface area contributed by atoms with Crippen molar-refractivity contribution in [3.8, 4) is 5.75 Å². The molecule has 6 nitrogen and oxygen atoms in total. The number of fused-ring (bicyclic) bond motifs is 3. The Labute approximate surface area is 174 Å². The molecule has 0 saturated heterocycles. The molecular weight excluding hydrogens is 376 g/mol. The van der Waals surface area contributed by atoms with Crippen LogP contribution in [0.5, 0.6) is 5.75 Å². The van der Waals surface area contributed by atoms with Crippen LogP contribution < -0.4 is 14.5 Å². The standard InChI is InChI=1S/C24H22N4O2/c1-3-30-21-15-17-9-5-4-8-16(17)14-18(21)24(29)28-13-12-27(2)22-23(28)26-20-11-7-6-10-19(20)25-22/h4-11,14-15H,3,12-13H2,1-2H3. The summed E-state index contributed by atoms with van der Waals surface area (Å²) in [5.74, 6) is 1.77. The van der Waals surface area contributed by atoms with Crippen LogP contribution in [0.25, 0.3) is 21.8 Å². The van der Waals surface area contributed by atoms with Crippen LogP contribution in [0, 0.1) is 0 Å². The average molecular weight is 398 g/mol. The monoisotopic (exact) mass is 398 g/mol. The van der Waals surface area contributed by atoms with Gasteiger partial charge >= 0.3 is 0 Å². The summed E-state index contributed by atoms with van der Waals surface area (Å²) >= 11 is 0. The molecule has 4 aromatic rings. The van der Waals surface area contributed by atoms with Crippen molar-refractivity contribution in [2.75, 3.05) is 36.5 Å². The Hall–Kier alpha value is -3.67. The van der Waals surface area contributed by atoms with E-state index in [1.807, 2.05) is 79.5 Å². The van der Waals surface area contributed by atoms with Gasteiger partial charge in [0.2, 0.25) is 0 Å². The van der Waals surface area contributed by atoms with Crippen molar-refractivity contribution in [3.05, 3.63) is 66.2 Å². The first-order valence-electron chi connectivity index (χ1n) is 10.1. The molecule has 0 atom stereocenters. The van der Waals surface area contributed by atoms with E-state index in [0.717, 1.165) is 21.8 Å². The molecule has 6 heteroatoms. The highest BCUT2D eigenvalue weighted by molar-refractivity contribution is 6.11. The smallest absolute Gasteiger partial charge is 0.263 e. The van der Waals surface area contributed by atoms with Crippen molar-refractivity contribution in [1.82, 2.24) is 9.97 Å². The Morgan fingerprint density at radius 2 is 1.57 bits per heavy atom. The maximum Gasteiger partial charge on any atom is 0.263 e. The van der Waals surface area contributed by atoms with Gasteiger partial charge in [0, 0.05) is 20.1 Å². The van der Waals surface area contributed by atoms with Gasteiger partial charge in [-0.2, -0.15) is 0 Å². The minimum Gasteiger partial charge on any atom is -0.493 e. The maximum absolute atomic E-state index is 13.7. The summed E-state index contributed by atoms with van der Waals surface area (Å²) in [6, 6.07) is 19.6. The molecule has 1 aromatic heterocycles. The quantitative estimate of drug-likeness (QED) is 0.516. The molecule has 0 N–H and O–H groups in total. The fourth-order valence-corrected chi connectivity index (χ4v) is 3.88. The van der Waals surface area contributed by atoms with Gasteiger partial charge in [-0.05, 0) is 42.0 Å². The lowest BCUT2D eigenvalue weighted by atomic mass is 10.0. The number of ether oxygens (including phenoxy) is 1. The minimum atomic E-state index is -0.122. The molecule has 2 heterocycles. The zero-order valence-corrected chi connectivity index (χ0v) is 17.0. The highest BCUT2D eigenvalue weighted by Crippen LogP contribution is 2.34. The fourth-order valence-electron chi connectivity index (χ4n) is 3.88. The lowest BCUT2D eigenvalue weighted by Crippen LogP contribution is -2.44. The van der Waals surface area contributed by atoms with Crippen LogP contribution in [-0.4, -0.2) is 42.6 Å². The number of nitrogens with zero attached hydrogens (tertiary/aromatic N) is 4. The molecule has 1 aliphatic rings. The van der Waals surface area contributed by atoms with E-state index in [2.05, 4.69) is 0 Å². The minimum absolute atomic E-state index is 0.122. The zero-order valence-electron chi connectivity index (χ0n) is 17.0. The summed E-state index contributed by atoms with van der Waals surface area (Å²) in [6.07, 6.45) is 0. The number of para-hydroxylation sites is 2. The topological polar surface area (TPSA) is 58.6 Å². The van der Waals surface area contributed by atoms with Crippen molar-refractivity contribution in [3.63, 3.8) is 0 Å². The Morgan fingerprint density at radius 3 is 2.27 bits per heavy atom. The molecule has 0 fully saturated rings. The van der Waals surface area contributed by atoms with Crippen LogP contribution in [0.15, 0.2) is 60.7 Å². The lowest BCUT2D eigenvalue weighted by Gasteiger charge is -2.34. The lowest BCUT2D eigenvalue weighted by molar-refractivity contribution is 0.0982. The van der Waals surface area contributed by atoms with Gasteiger partial charge in [0.15, 0.2) is 11.6 Å². The Kier molecular flexibility index (Phi) is 4.47. The van der Waals surface area contributed by atoms with Crippen LogP contribution in [0.1, 0.15) is 17.3 Å². The zero-order chi connectivity index (χ0) is 20.7. The number of hydrogen-bond acceptors (Lipinski definition) is 5. The molecule has 150 valence electrons. The predicted octanol–water partition coefficient (Wildman–Crippen LogP) is 4.28. The number of amides is 1. The Morgan fingerprint density at radius 1 is 0.933 bits per heavy atom. The SMILES string of the molecule is CCOc1cc2ccccc2cc1C(=O)N1CCN(C)c2nc3ccccc3nc21. The third-order valence-electron chi connectivity index (χ3n) is 5.43. The summed E-state index contributed by atoms with van der Waals surface area (Å²) in [7, 11) is 1.98. The van der Waals surface area contributed by atoms with Crippen molar-refractivity contribution >= 4 is 39.3 Å². The molecule has 0 saturated carbocycles. The molecule has 0 unspecified atom stereocenters. The number of anilines is 2. The van der Waals surface area contributed by atoms with Crippen LogP contribution in [-0.2, 0) is 0 Å². The summed E-state index contributed by atoms with van der Waals surface area (Å²) in [6.45, 7) is 3.63. The maximum atomic E-state index is 13.7. The molecule has 1 aliphatic heterocycles. The number of benzene rings is 3. The predicted molar refractivity (Wildman–Crippen MR) is 120 cm³/mol. The van der Waals surface area contributed by atoms with Gasteiger partial charge in [0.1, 0.15) is 5.75 Å². The highest BCUT2D eigenvalue weighted by Gasteiger charge is 2.30. The second-order valence-corrected chi connectivity index (χ2v) is 7.37. The van der Waals surface area contributed by atoms with Gasteiger partial charge in [0.25, 0.3) is 5.91 Å². The first-order valence-corrected chi connectivity index (χ1v) is 10.1. The molecule has 30 heavy (non-hydrogen) atoms. The van der Waals surface area contributed by atoms with Crippen LogP contribution in [0.2, 0.25) is 0 Å². The van der Waals surface area contributed by atoms with Gasteiger partial charge < -0.3 is 9.64 Å². The molecule has 3 aromatic carbocycles. The Bertz CT molecular complexity index is 1270. The normalized spacial score (nSPS) is 13.5. The van der Waals surface area contributed by atoms with Crippen LogP contribution in [0.3, 0.4) is 0 Å². The summed E-state index contributed by atoms with van der Waals surface area (Å²) < 4.78 is 5.84. The van der Waals surface area contributed by atoms with E-state index in [1.54, 1.807) is 4.90 Å². The van der Waals surface area contributed by atoms with Crippen LogP contribution >= 0.6 is 0 Å². The van der Waals surface area contributed by atoms with Gasteiger partial charge in [0.05, 0.1) is 23.2 Å². The van der Waals surface area contributed by atoms with Crippen LogP contribution in [0.4, 0.5) is 11.6 Å². The number of hydrogen-bond donors (Lipinski definition) is 0. The first-order chi connectivity index (χ1) is 14.7. The number of rotatable bonds is 3. The van der Waals surface area contributed by atoms with Gasteiger partial charge in [-0.15, -0.1) is 0 Å². The molecule has 0 radical (unpaired) electrons. The van der Waals surface area contributed by atoms with Gasteiger partial charge in [-0.25, -0.2) is 9.97 Å². The molecule has 0 bridgehead atoms. The Balaban J connectivity index is 1.65. The third kappa shape index (κ3) is 3.01. The van der Waals surface area contributed by atoms with E-state index in [4.69, 9.17) is 14.7 Å². The summed E-state index contributed by atoms with van der Waals surface area (Å²) in [5.41, 5.74) is 2.13. The number of carbonyl (C=O) groups is 1. The van der Waals surface area contributed by atoms with E-state index >= 15 is 0 Å². The fraction of sp³-hybridized carbons (Fsp3) is 0.208. The van der Waals surface area contributed by atoms with Crippen molar-refractivity contribution in [2.45, 2.75) is 6.92 Å². The summed E-state index contributed by atoms with van der Waals surface area (Å²) in [5, 5.41) is 2.05.